The Labute approximate surface area is 452 Å². The average molecular weight is 994 g/mol. The molecule has 0 N–H and O–H groups in total. The van der Waals surface area contributed by atoms with Crippen LogP contribution in [0.15, 0.2) is 133 Å². The third kappa shape index (κ3) is 7.07. The van der Waals surface area contributed by atoms with Crippen molar-refractivity contribution in [3.63, 3.8) is 0 Å². The zero-order chi connectivity index (χ0) is 53.9. The molecule has 0 fully saturated rings. The molecule has 3 nitrogen and oxygen atoms in total. The summed E-state index contributed by atoms with van der Waals surface area (Å²) in [6.07, 6.45) is 0. The van der Waals surface area contributed by atoms with E-state index in [1.807, 2.05) is 0 Å². The highest BCUT2D eigenvalue weighted by molar-refractivity contribution is 7.02. The van der Waals surface area contributed by atoms with Gasteiger partial charge >= 0.3 is 0 Å². The fourth-order valence-corrected chi connectivity index (χ4v) is 13.2. The molecule has 0 spiro atoms. The lowest BCUT2D eigenvalue weighted by atomic mass is 9.33. The Balaban J connectivity index is 1.28. The molecule has 0 amide bonds. The highest BCUT2D eigenvalue weighted by Gasteiger charge is 2.44. The van der Waals surface area contributed by atoms with Gasteiger partial charge in [-0.1, -0.05) is 197 Å². The van der Waals surface area contributed by atoms with E-state index in [1.165, 1.54) is 143 Å². The lowest BCUT2D eigenvalue weighted by Crippen LogP contribution is -2.59. The van der Waals surface area contributed by atoms with Crippen molar-refractivity contribution in [3.05, 3.63) is 167 Å². The van der Waals surface area contributed by atoms with Crippen LogP contribution in [-0.4, -0.2) is 20.4 Å². The first-order valence-corrected chi connectivity index (χ1v) is 28.1. The first kappa shape index (κ1) is 48.8. The van der Waals surface area contributed by atoms with Crippen LogP contribution in [0.3, 0.4) is 0 Å². The summed E-state index contributed by atoms with van der Waals surface area (Å²) in [4.78, 5) is 0. The van der Waals surface area contributed by atoms with E-state index in [0.717, 1.165) is 0 Å². The Morgan fingerprint density at radius 3 is 1.29 bits per heavy atom. The van der Waals surface area contributed by atoms with Crippen LogP contribution in [0.2, 0.25) is 0 Å². The number of hydrogen-bond donors (Lipinski definition) is 0. The molecule has 0 bridgehead atoms. The van der Waals surface area contributed by atoms with E-state index in [1.54, 1.807) is 0 Å². The molecule has 11 aromatic rings. The Bertz CT molecular complexity index is 4290. The lowest BCUT2D eigenvalue weighted by molar-refractivity contribution is 0.590. The molecule has 0 saturated heterocycles. The molecule has 8 aromatic carbocycles. The number of fused-ring (bicyclic) bond motifs is 14. The van der Waals surface area contributed by atoms with Gasteiger partial charge in [0.25, 0.3) is 6.71 Å². The van der Waals surface area contributed by atoms with Crippen LogP contribution < -0.4 is 16.4 Å². The summed E-state index contributed by atoms with van der Waals surface area (Å²) in [5.74, 6) is 0. The summed E-state index contributed by atoms with van der Waals surface area (Å²) in [5.41, 5.74) is 26.1. The van der Waals surface area contributed by atoms with E-state index in [2.05, 4.69) is 272 Å². The second kappa shape index (κ2) is 15.5. The second-order valence-corrected chi connectivity index (χ2v) is 29.2. The topological polar surface area (TPSA) is 14.8 Å². The molecule has 4 heteroatoms. The molecule has 5 heterocycles. The number of rotatable bonds is 2. The summed E-state index contributed by atoms with van der Waals surface area (Å²) in [6, 6.07) is 53.9. The second-order valence-electron chi connectivity index (χ2n) is 29.2. The molecule has 0 saturated carbocycles. The van der Waals surface area contributed by atoms with Crippen LogP contribution in [0.1, 0.15) is 158 Å². The molecule has 382 valence electrons. The maximum absolute atomic E-state index is 2.72. The predicted molar refractivity (Wildman–Crippen MR) is 332 cm³/mol. The number of nitrogens with zero attached hydrogens (tertiary/aromatic N) is 3. The molecule has 3 aromatic heterocycles. The summed E-state index contributed by atoms with van der Waals surface area (Å²) >= 11 is 0. The Hall–Kier alpha value is -6.78. The standard InChI is InChI=1S/C72H76BN3/c1-67(2,3)43-21-19-41(20-22-43)42-33-60-63-61(34-42)76-57-38-46(70(10,11)12)25-30-50(57)54-40-59-62(51-31-26-47(71(13,14)15)39-58(51)74(59)49-28-23-44(24-29-49)68(4,5)6)64(66(54)76)73(63)55-37-48(72(16,17)18)36-53-52-35-45(69(7,8)9)27-32-56(52)75(60)65(53)55/h19-40H,1-18H3. The minimum Gasteiger partial charge on any atom is -0.310 e. The van der Waals surface area contributed by atoms with E-state index in [4.69, 9.17) is 0 Å². The summed E-state index contributed by atoms with van der Waals surface area (Å²) in [6.45, 7) is 42.2. The van der Waals surface area contributed by atoms with Crippen molar-refractivity contribution in [2.45, 2.75) is 157 Å². The van der Waals surface area contributed by atoms with E-state index >= 15 is 0 Å². The van der Waals surface area contributed by atoms with Crippen molar-refractivity contribution in [3.8, 4) is 28.2 Å². The van der Waals surface area contributed by atoms with Crippen molar-refractivity contribution in [1.29, 1.82) is 0 Å². The Morgan fingerprint density at radius 2 is 0.737 bits per heavy atom. The molecular weight excluding hydrogens is 918 g/mol. The van der Waals surface area contributed by atoms with E-state index in [-0.39, 0.29) is 39.2 Å². The predicted octanol–water partition coefficient (Wildman–Crippen LogP) is 17.6. The third-order valence-corrected chi connectivity index (χ3v) is 17.8. The van der Waals surface area contributed by atoms with Crippen molar-refractivity contribution in [2.75, 3.05) is 0 Å². The molecule has 2 aliphatic heterocycles. The zero-order valence-corrected chi connectivity index (χ0v) is 48.6. The summed E-state index contributed by atoms with van der Waals surface area (Å²) in [5, 5.41) is 7.92. The Kier molecular flexibility index (Phi) is 9.93. The molecule has 0 radical (unpaired) electrons. The first-order valence-electron chi connectivity index (χ1n) is 28.1. The van der Waals surface area contributed by atoms with E-state index in [9.17, 15) is 0 Å². The van der Waals surface area contributed by atoms with Gasteiger partial charge in [0, 0.05) is 54.9 Å². The molecule has 2 aliphatic rings. The minimum absolute atomic E-state index is 0.0118. The molecule has 0 unspecified atom stereocenters. The smallest absolute Gasteiger partial charge is 0.253 e. The van der Waals surface area contributed by atoms with Gasteiger partial charge in [0.2, 0.25) is 0 Å². The van der Waals surface area contributed by atoms with Gasteiger partial charge in [0.05, 0.1) is 27.6 Å². The number of benzene rings is 8. The van der Waals surface area contributed by atoms with Crippen LogP contribution in [0, 0.1) is 0 Å². The van der Waals surface area contributed by atoms with Gasteiger partial charge < -0.3 is 13.7 Å². The zero-order valence-electron chi connectivity index (χ0n) is 48.6. The maximum atomic E-state index is 2.72. The van der Waals surface area contributed by atoms with Gasteiger partial charge in [-0.15, -0.1) is 0 Å². The van der Waals surface area contributed by atoms with Crippen molar-refractivity contribution >= 4 is 88.5 Å². The summed E-state index contributed by atoms with van der Waals surface area (Å²) in [7, 11) is 0. The van der Waals surface area contributed by atoms with Crippen LogP contribution in [0.5, 0.6) is 0 Å². The first-order chi connectivity index (χ1) is 35.5. The van der Waals surface area contributed by atoms with Crippen molar-refractivity contribution in [2.24, 2.45) is 0 Å². The van der Waals surface area contributed by atoms with Gasteiger partial charge in [-0.2, -0.15) is 0 Å². The number of aromatic nitrogens is 3. The normalized spacial score (nSPS) is 14.2. The molecule has 0 aliphatic carbocycles. The molecule has 13 rings (SSSR count). The fourth-order valence-electron chi connectivity index (χ4n) is 13.2. The van der Waals surface area contributed by atoms with E-state index < -0.39 is 0 Å². The highest BCUT2D eigenvalue weighted by atomic mass is 15.0. The lowest BCUT2D eigenvalue weighted by Gasteiger charge is -2.35. The van der Waals surface area contributed by atoms with Gasteiger partial charge in [-0.3, -0.25) is 0 Å². The van der Waals surface area contributed by atoms with Gasteiger partial charge in [0.15, 0.2) is 0 Å². The van der Waals surface area contributed by atoms with Gasteiger partial charge in [-0.25, -0.2) is 0 Å². The minimum atomic E-state index is -0.0974. The highest BCUT2D eigenvalue weighted by Crippen LogP contribution is 2.47. The fraction of sp³-hybridized carbons (Fsp3) is 0.333. The van der Waals surface area contributed by atoms with Crippen LogP contribution in [0.4, 0.5) is 0 Å². The van der Waals surface area contributed by atoms with Crippen LogP contribution >= 0.6 is 0 Å². The van der Waals surface area contributed by atoms with Crippen LogP contribution in [-0.2, 0) is 32.5 Å². The summed E-state index contributed by atoms with van der Waals surface area (Å²) < 4.78 is 8.03. The Morgan fingerprint density at radius 1 is 0.289 bits per heavy atom. The largest absolute Gasteiger partial charge is 0.310 e. The number of hydrogen-bond acceptors (Lipinski definition) is 0. The average Bonchev–Trinajstić information content (AvgIpc) is 4.14. The third-order valence-electron chi connectivity index (χ3n) is 17.8. The maximum Gasteiger partial charge on any atom is 0.253 e. The molecule has 0 atom stereocenters. The van der Waals surface area contributed by atoms with Gasteiger partial charge in [-0.05, 0) is 154 Å². The van der Waals surface area contributed by atoms with Gasteiger partial charge in [0.1, 0.15) is 0 Å². The molecule has 76 heavy (non-hydrogen) atoms. The van der Waals surface area contributed by atoms with Crippen LogP contribution in [0.25, 0.3) is 93.6 Å². The SMILES string of the molecule is CC(C)(C)c1ccc(-c2cc3c4c(c2)-n2c5cc(C(C)(C)C)ccc5c5cc6c(c(c52)B4c2cc(C(C)(C)C)cc4c5cc(C(C)(C)C)ccc5n-3c24)c2ccc(C(C)(C)C)cc2n6-c2ccc(C(C)(C)C)cc2)cc1. The van der Waals surface area contributed by atoms with E-state index in [0.29, 0.717) is 0 Å². The molecular formula is C72H76BN3. The quantitative estimate of drug-likeness (QED) is 0.153. The van der Waals surface area contributed by atoms with Crippen molar-refractivity contribution in [1.82, 2.24) is 13.7 Å². The van der Waals surface area contributed by atoms with Crippen molar-refractivity contribution < 1.29 is 0 Å². The monoisotopic (exact) mass is 994 g/mol.